The molecule has 4 heteroatoms. The van der Waals surface area contributed by atoms with E-state index in [0.29, 0.717) is 6.10 Å². The number of nitrogens with zero attached hydrogens (tertiary/aromatic N) is 2. The van der Waals surface area contributed by atoms with Crippen LogP contribution in [0.1, 0.15) is 38.5 Å². The summed E-state index contributed by atoms with van der Waals surface area (Å²) in [5, 5.41) is 0.811. The summed E-state index contributed by atoms with van der Waals surface area (Å²) in [6.45, 7) is 6.59. The number of anilines is 1. The van der Waals surface area contributed by atoms with Gasteiger partial charge < -0.3 is 9.64 Å². The van der Waals surface area contributed by atoms with Gasteiger partial charge in [-0.25, -0.2) is 0 Å². The van der Waals surface area contributed by atoms with E-state index >= 15 is 0 Å². The maximum absolute atomic E-state index is 6.03. The summed E-state index contributed by atoms with van der Waals surface area (Å²) in [6.07, 6.45) is 8.38. The quantitative estimate of drug-likeness (QED) is 0.724. The molecule has 0 unspecified atom stereocenters. The molecule has 3 nitrogen and oxygen atoms in total. The van der Waals surface area contributed by atoms with Crippen LogP contribution in [0.4, 0.5) is 5.69 Å². The van der Waals surface area contributed by atoms with Crippen molar-refractivity contribution in [3.05, 3.63) is 29.3 Å². The van der Waals surface area contributed by atoms with Crippen molar-refractivity contribution in [3.63, 3.8) is 0 Å². The first-order chi connectivity index (χ1) is 11.3. The highest BCUT2D eigenvalue weighted by atomic mass is 35.5. The van der Waals surface area contributed by atoms with Crippen molar-refractivity contribution in [2.45, 2.75) is 44.6 Å². The lowest BCUT2D eigenvalue weighted by atomic mass is 9.98. The summed E-state index contributed by atoms with van der Waals surface area (Å²) in [5.41, 5.74) is 1.29. The van der Waals surface area contributed by atoms with E-state index in [1.165, 1.54) is 44.3 Å². The number of halogens is 1. The highest BCUT2D eigenvalue weighted by Gasteiger charge is 2.17. The van der Waals surface area contributed by atoms with E-state index in [0.717, 1.165) is 44.2 Å². The average Bonchev–Trinajstić information content (AvgIpc) is 2.61. The van der Waals surface area contributed by atoms with E-state index in [-0.39, 0.29) is 0 Å². The Balaban J connectivity index is 1.30. The molecule has 23 heavy (non-hydrogen) atoms. The number of hydrogen-bond acceptors (Lipinski definition) is 3. The highest BCUT2D eigenvalue weighted by Crippen LogP contribution is 2.21. The first-order valence-corrected chi connectivity index (χ1v) is 9.53. The third kappa shape index (κ3) is 5.37. The van der Waals surface area contributed by atoms with Gasteiger partial charge in [0.05, 0.1) is 6.10 Å². The van der Waals surface area contributed by atoms with Gasteiger partial charge in [-0.3, -0.25) is 4.90 Å². The lowest BCUT2D eigenvalue weighted by Gasteiger charge is -2.36. The molecular formula is C19H29ClN2O. The third-order valence-corrected chi connectivity index (χ3v) is 5.34. The zero-order valence-electron chi connectivity index (χ0n) is 14.1. The SMILES string of the molecule is Clc1ccc(N2CCN(CCCOC3CCCCC3)CC2)cc1. The normalized spacial score (nSPS) is 20.8. The predicted octanol–water partition coefficient (Wildman–Crippen LogP) is 4.20. The van der Waals surface area contributed by atoms with Gasteiger partial charge in [-0.05, 0) is 43.5 Å². The highest BCUT2D eigenvalue weighted by molar-refractivity contribution is 6.30. The molecule has 0 bridgehead atoms. The molecular weight excluding hydrogens is 308 g/mol. The topological polar surface area (TPSA) is 15.7 Å². The molecule has 3 rings (SSSR count). The van der Waals surface area contributed by atoms with Gasteiger partial charge in [-0.15, -0.1) is 0 Å². The Morgan fingerprint density at radius 3 is 2.35 bits per heavy atom. The molecule has 0 radical (unpaired) electrons. The van der Waals surface area contributed by atoms with Gasteiger partial charge in [0.15, 0.2) is 0 Å². The van der Waals surface area contributed by atoms with Crippen LogP contribution in [0.25, 0.3) is 0 Å². The number of benzene rings is 1. The first-order valence-electron chi connectivity index (χ1n) is 9.16. The minimum atomic E-state index is 0.547. The van der Waals surface area contributed by atoms with E-state index in [1.807, 2.05) is 12.1 Å². The van der Waals surface area contributed by atoms with Crippen LogP contribution >= 0.6 is 11.6 Å². The first kappa shape index (κ1) is 17.1. The fourth-order valence-electron chi connectivity index (χ4n) is 3.65. The Labute approximate surface area is 145 Å². The van der Waals surface area contributed by atoms with Crippen LogP contribution in [-0.4, -0.2) is 50.3 Å². The Morgan fingerprint density at radius 1 is 0.957 bits per heavy atom. The maximum Gasteiger partial charge on any atom is 0.0575 e. The van der Waals surface area contributed by atoms with Crippen LogP contribution in [-0.2, 0) is 4.74 Å². The minimum absolute atomic E-state index is 0.547. The van der Waals surface area contributed by atoms with Gasteiger partial charge in [-0.1, -0.05) is 30.9 Å². The molecule has 0 spiro atoms. The van der Waals surface area contributed by atoms with Gasteiger partial charge in [0.2, 0.25) is 0 Å². The van der Waals surface area contributed by atoms with E-state index in [4.69, 9.17) is 16.3 Å². The van der Waals surface area contributed by atoms with Crippen LogP contribution < -0.4 is 4.90 Å². The zero-order valence-corrected chi connectivity index (χ0v) is 14.8. The molecule has 0 atom stereocenters. The van der Waals surface area contributed by atoms with Crippen molar-refractivity contribution < 1.29 is 4.74 Å². The van der Waals surface area contributed by atoms with E-state index in [9.17, 15) is 0 Å². The van der Waals surface area contributed by atoms with Crippen molar-refractivity contribution in [1.82, 2.24) is 4.90 Å². The van der Waals surface area contributed by atoms with Gasteiger partial charge in [0, 0.05) is 50.0 Å². The van der Waals surface area contributed by atoms with Crippen molar-refractivity contribution in [2.75, 3.05) is 44.2 Å². The summed E-state index contributed by atoms with van der Waals surface area (Å²) in [7, 11) is 0. The molecule has 128 valence electrons. The van der Waals surface area contributed by atoms with Gasteiger partial charge in [0.25, 0.3) is 0 Å². The Morgan fingerprint density at radius 2 is 1.65 bits per heavy atom. The Kier molecular flexibility index (Phi) is 6.61. The molecule has 1 saturated carbocycles. The average molecular weight is 337 g/mol. The standard InChI is InChI=1S/C19H29ClN2O/c20-17-7-9-18(10-8-17)22-14-12-21(13-15-22)11-4-16-23-19-5-2-1-3-6-19/h7-10,19H,1-6,11-16H2. The minimum Gasteiger partial charge on any atom is -0.378 e. The summed E-state index contributed by atoms with van der Waals surface area (Å²) >= 11 is 5.96. The molecule has 1 aliphatic carbocycles. The summed E-state index contributed by atoms with van der Waals surface area (Å²) in [5.74, 6) is 0. The molecule has 0 amide bonds. The summed E-state index contributed by atoms with van der Waals surface area (Å²) < 4.78 is 6.03. The second kappa shape index (κ2) is 8.91. The summed E-state index contributed by atoms with van der Waals surface area (Å²) in [6, 6.07) is 8.20. The molecule has 1 aliphatic heterocycles. The smallest absolute Gasteiger partial charge is 0.0575 e. The van der Waals surface area contributed by atoms with Crippen LogP contribution in [0.5, 0.6) is 0 Å². The molecule has 1 aromatic carbocycles. The largest absolute Gasteiger partial charge is 0.378 e. The molecule has 2 fully saturated rings. The Bertz CT molecular complexity index is 451. The molecule has 0 aromatic heterocycles. The lowest BCUT2D eigenvalue weighted by molar-refractivity contribution is 0.0233. The summed E-state index contributed by atoms with van der Waals surface area (Å²) in [4.78, 5) is 5.02. The Hall–Kier alpha value is -0.770. The molecule has 2 aliphatic rings. The van der Waals surface area contributed by atoms with Crippen molar-refractivity contribution in [2.24, 2.45) is 0 Å². The fraction of sp³-hybridized carbons (Fsp3) is 0.684. The number of ether oxygens (including phenoxy) is 1. The fourth-order valence-corrected chi connectivity index (χ4v) is 3.78. The van der Waals surface area contributed by atoms with Crippen LogP contribution in [0.3, 0.4) is 0 Å². The molecule has 1 heterocycles. The van der Waals surface area contributed by atoms with Crippen LogP contribution in [0.15, 0.2) is 24.3 Å². The maximum atomic E-state index is 6.03. The van der Waals surface area contributed by atoms with Crippen molar-refractivity contribution >= 4 is 17.3 Å². The van der Waals surface area contributed by atoms with E-state index < -0.39 is 0 Å². The van der Waals surface area contributed by atoms with Gasteiger partial charge >= 0.3 is 0 Å². The number of hydrogen-bond donors (Lipinski definition) is 0. The van der Waals surface area contributed by atoms with Gasteiger partial charge in [0.1, 0.15) is 0 Å². The van der Waals surface area contributed by atoms with Crippen molar-refractivity contribution in [3.8, 4) is 0 Å². The van der Waals surface area contributed by atoms with E-state index in [2.05, 4.69) is 21.9 Å². The molecule has 0 N–H and O–H groups in total. The lowest BCUT2D eigenvalue weighted by Crippen LogP contribution is -2.46. The number of rotatable bonds is 6. The van der Waals surface area contributed by atoms with Crippen LogP contribution in [0.2, 0.25) is 5.02 Å². The van der Waals surface area contributed by atoms with Crippen molar-refractivity contribution in [1.29, 1.82) is 0 Å². The van der Waals surface area contributed by atoms with Gasteiger partial charge in [-0.2, -0.15) is 0 Å². The second-order valence-electron chi connectivity index (χ2n) is 6.79. The molecule has 1 saturated heterocycles. The number of piperazine rings is 1. The van der Waals surface area contributed by atoms with Crippen LogP contribution in [0, 0.1) is 0 Å². The third-order valence-electron chi connectivity index (χ3n) is 5.09. The predicted molar refractivity (Wildman–Crippen MR) is 97.5 cm³/mol. The second-order valence-corrected chi connectivity index (χ2v) is 7.23. The molecule has 1 aromatic rings. The zero-order chi connectivity index (χ0) is 15.9. The van der Waals surface area contributed by atoms with E-state index in [1.54, 1.807) is 0 Å². The monoisotopic (exact) mass is 336 g/mol.